The Morgan fingerprint density at radius 1 is 1.65 bits per heavy atom. The molecule has 5 heteroatoms. The Balaban J connectivity index is 2.40. The van der Waals surface area contributed by atoms with Gasteiger partial charge in [0.2, 0.25) is 5.60 Å². The number of hydrogen-bond donors (Lipinski definition) is 0. The minimum atomic E-state index is -1.30. The van der Waals surface area contributed by atoms with Crippen LogP contribution in [-0.2, 0) is 24.7 Å². The van der Waals surface area contributed by atoms with Crippen molar-refractivity contribution >= 4 is 23.1 Å². The number of carbonyl (C=O) groups excluding carboxylic acids is 2. The smallest absolute Gasteiger partial charge is 0.356 e. The number of allylic oxidation sites excluding steroid dienone is 1. The summed E-state index contributed by atoms with van der Waals surface area (Å²) in [6, 6.07) is 3.58. The molecule has 1 atom stereocenters. The Morgan fingerprint density at radius 3 is 3.06 bits per heavy atom. The summed E-state index contributed by atoms with van der Waals surface area (Å²) in [5.74, 6) is -0.655. The van der Waals surface area contributed by atoms with E-state index in [1.54, 1.807) is 13.0 Å². The molecule has 0 N–H and O–H groups in total. The number of carbonyl (C=O) groups is 2. The van der Waals surface area contributed by atoms with E-state index in [0.717, 1.165) is 0 Å². The summed E-state index contributed by atoms with van der Waals surface area (Å²) >= 11 is 1.37. The summed E-state index contributed by atoms with van der Waals surface area (Å²) in [6.45, 7) is 1.98. The van der Waals surface area contributed by atoms with Crippen LogP contribution in [0.3, 0.4) is 0 Å². The Kier molecular flexibility index (Phi) is 3.28. The molecule has 90 valence electrons. The van der Waals surface area contributed by atoms with E-state index in [9.17, 15) is 9.59 Å². The van der Waals surface area contributed by atoms with Gasteiger partial charge in [-0.3, -0.25) is 4.79 Å². The minimum absolute atomic E-state index is 0.0111. The summed E-state index contributed by atoms with van der Waals surface area (Å²) in [5.41, 5.74) is -1.30. The van der Waals surface area contributed by atoms with E-state index in [1.165, 1.54) is 23.7 Å². The van der Waals surface area contributed by atoms with E-state index in [1.807, 2.05) is 11.4 Å². The maximum atomic E-state index is 12.0. The van der Waals surface area contributed by atoms with Crippen LogP contribution in [-0.4, -0.2) is 18.4 Å². The number of hydrogen-bond acceptors (Lipinski definition) is 5. The SMILES string of the molecule is CCOC(=O)[C@]1(c2cccs2)CC(=O)C=CO1. The van der Waals surface area contributed by atoms with Gasteiger partial charge >= 0.3 is 5.97 Å². The van der Waals surface area contributed by atoms with Crippen molar-refractivity contribution in [3.05, 3.63) is 34.7 Å². The van der Waals surface area contributed by atoms with Crippen LogP contribution in [0.5, 0.6) is 0 Å². The fourth-order valence-corrected chi connectivity index (χ4v) is 2.55. The van der Waals surface area contributed by atoms with Gasteiger partial charge in [0.1, 0.15) is 0 Å². The van der Waals surface area contributed by atoms with Gasteiger partial charge in [-0.05, 0) is 18.4 Å². The monoisotopic (exact) mass is 252 g/mol. The first kappa shape index (κ1) is 11.9. The van der Waals surface area contributed by atoms with Gasteiger partial charge in [-0.1, -0.05) is 6.07 Å². The fourth-order valence-electron chi connectivity index (χ4n) is 1.69. The molecule has 0 spiro atoms. The summed E-state index contributed by atoms with van der Waals surface area (Å²) in [4.78, 5) is 24.2. The highest BCUT2D eigenvalue weighted by Gasteiger charge is 2.47. The van der Waals surface area contributed by atoms with Crippen LogP contribution in [0, 0.1) is 0 Å². The van der Waals surface area contributed by atoms with Crippen molar-refractivity contribution < 1.29 is 19.1 Å². The highest BCUT2D eigenvalue weighted by Crippen LogP contribution is 2.37. The molecule has 1 aliphatic heterocycles. The van der Waals surface area contributed by atoms with Crippen molar-refractivity contribution in [2.45, 2.75) is 18.9 Å². The first-order valence-electron chi connectivity index (χ1n) is 5.27. The van der Waals surface area contributed by atoms with Gasteiger partial charge in [0.15, 0.2) is 5.78 Å². The van der Waals surface area contributed by atoms with Crippen molar-refractivity contribution in [1.29, 1.82) is 0 Å². The molecular formula is C12H12O4S. The zero-order chi connectivity index (χ0) is 12.3. The molecule has 0 aromatic carbocycles. The van der Waals surface area contributed by atoms with Gasteiger partial charge < -0.3 is 9.47 Å². The van der Waals surface area contributed by atoms with Crippen LogP contribution in [0.2, 0.25) is 0 Å². The standard InChI is InChI=1S/C12H12O4S/c1-2-15-11(14)12(10-4-3-7-17-10)8-9(13)5-6-16-12/h3-7H,2,8H2,1H3/t12-/m1/s1. The lowest BCUT2D eigenvalue weighted by Crippen LogP contribution is -2.41. The zero-order valence-electron chi connectivity index (χ0n) is 9.34. The third-order valence-corrected chi connectivity index (χ3v) is 3.48. The highest BCUT2D eigenvalue weighted by atomic mass is 32.1. The Hall–Kier alpha value is -1.62. The Labute approximate surface area is 103 Å². The van der Waals surface area contributed by atoms with Crippen molar-refractivity contribution in [1.82, 2.24) is 0 Å². The van der Waals surface area contributed by atoms with Crippen molar-refractivity contribution in [2.24, 2.45) is 0 Å². The molecule has 0 radical (unpaired) electrons. The summed E-state index contributed by atoms with van der Waals surface area (Å²) in [5, 5.41) is 1.84. The number of rotatable bonds is 3. The largest absolute Gasteiger partial charge is 0.477 e. The first-order valence-corrected chi connectivity index (χ1v) is 6.15. The van der Waals surface area contributed by atoms with Gasteiger partial charge in [-0.2, -0.15) is 0 Å². The molecule has 0 fully saturated rings. The van der Waals surface area contributed by atoms with E-state index in [0.29, 0.717) is 4.88 Å². The van der Waals surface area contributed by atoms with Gasteiger partial charge in [0.25, 0.3) is 0 Å². The molecule has 2 heterocycles. The van der Waals surface area contributed by atoms with Gasteiger partial charge in [-0.15, -0.1) is 11.3 Å². The quantitative estimate of drug-likeness (QED) is 0.772. The van der Waals surface area contributed by atoms with Gasteiger partial charge in [0.05, 0.1) is 24.2 Å². The lowest BCUT2D eigenvalue weighted by molar-refractivity contribution is -0.170. The molecule has 17 heavy (non-hydrogen) atoms. The lowest BCUT2D eigenvalue weighted by atomic mass is 9.93. The van der Waals surface area contributed by atoms with Crippen LogP contribution in [0.4, 0.5) is 0 Å². The van der Waals surface area contributed by atoms with Crippen LogP contribution < -0.4 is 0 Å². The Morgan fingerprint density at radius 2 is 2.47 bits per heavy atom. The van der Waals surface area contributed by atoms with Crippen molar-refractivity contribution in [3.8, 4) is 0 Å². The van der Waals surface area contributed by atoms with Crippen LogP contribution in [0.25, 0.3) is 0 Å². The van der Waals surface area contributed by atoms with E-state index >= 15 is 0 Å². The van der Waals surface area contributed by atoms with Crippen molar-refractivity contribution in [2.75, 3.05) is 6.61 Å². The second kappa shape index (κ2) is 4.71. The maximum Gasteiger partial charge on any atom is 0.356 e. The molecule has 1 aliphatic rings. The molecule has 0 unspecified atom stereocenters. The second-order valence-electron chi connectivity index (χ2n) is 3.59. The minimum Gasteiger partial charge on any atom is -0.477 e. The zero-order valence-corrected chi connectivity index (χ0v) is 10.2. The van der Waals surface area contributed by atoms with Crippen molar-refractivity contribution in [3.63, 3.8) is 0 Å². The highest BCUT2D eigenvalue weighted by molar-refractivity contribution is 7.10. The summed E-state index contributed by atoms with van der Waals surface area (Å²) in [6.07, 6.45) is 2.58. The molecule has 0 saturated heterocycles. The molecule has 0 saturated carbocycles. The molecule has 1 aromatic rings. The molecular weight excluding hydrogens is 240 g/mol. The summed E-state index contributed by atoms with van der Waals surface area (Å²) < 4.78 is 10.4. The van der Waals surface area contributed by atoms with E-state index in [2.05, 4.69) is 0 Å². The van der Waals surface area contributed by atoms with E-state index < -0.39 is 11.6 Å². The van der Waals surface area contributed by atoms with E-state index in [4.69, 9.17) is 9.47 Å². The number of ether oxygens (including phenoxy) is 2. The molecule has 0 amide bonds. The number of ketones is 1. The normalized spacial score (nSPS) is 23.2. The molecule has 2 rings (SSSR count). The average Bonchev–Trinajstić information content (AvgIpc) is 2.83. The third kappa shape index (κ3) is 2.10. The predicted molar refractivity (Wildman–Crippen MR) is 62.5 cm³/mol. The third-order valence-electron chi connectivity index (χ3n) is 2.47. The predicted octanol–water partition coefficient (Wildman–Crippen LogP) is 2.01. The summed E-state index contributed by atoms with van der Waals surface area (Å²) in [7, 11) is 0. The number of esters is 1. The molecule has 4 nitrogen and oxygen atoms in total. The second-order valence-corrected chi connectivity index (χ2v) is 4.54. The molecule has 0 bridgehead atoms. The van der Waals surface area contributed by atoms with Crippen LogP contribution >= 0.6 is 11.3 Å². The Bertz CT molecular complexity index is 449. The topological polar surface area (TPSA) is 52.6 Å². The number of thiophene rings is 1. The maximum absolute atomic E-state index is 12.0. The molecule has 1 aromatic heterocycles. The van der Waals surface area contributed by atoms with Crippen LogP contribution in [0.15, 0.2) is 29.9 Å². The first-order chi connectivity index (χ1) is 8.19. The van der Waals surface area contributed by atoms with E-state index in [-0.39, 0.29) is 18.8 Å². The molecule has 0 aliphatic carbocycles. The fraction of sp³-hybridized carbons (Fsp3) is 0.333. The van der Waals surface area contributed by atoms with Gasteiger partial charge in [-0.25, -0.2) is 4.79 Å². The lowest BCUT2D eigenvalue weighted by Gasteiger charge is -2.30. The van der Waals surface area contributed by atoms with Crippen LogP contribution in [0.1, 0.15) is 18.2 Å². The average molecular weight is 252 g/mol. The van der Waals surface area contributed by atoms with Gasteiger partial charge in [0, 0.05) is 6.08 Å².